The second kappa shape index (κ2) is 13.3. The lowest BCUT2D eigenvalue weighted by molar-refractivity contribution is -0.123. The Morgan fingerprint density at radius 3 is 2.79 bits per heavy atom. The fraction of sp³-hybridized carbons (Fsp3) is 0.500. The fourth-order valence-corrected chi connectivity index (χ4v) is 5.01. The smallest absolute Gasteiger partial charge is 0.237 e. The molecule has 0 radical (unpaired) electrons. The number of unbranched alkanes of at least 4 members (excludes halogenated alkanes) is 1. The van der Waals surface area contributed by atoms with Crippen LogP contribution in [-0.4, -0.2) is 59.7 Å². The highest BCUT2D eigenvalue weighted by atomic mass is 79.9. The molecular weight excluding hydrogens is 562 g/mol. The van der Waals surface area contributed by atoms with E-state index < -0.39 is 5.54 Å². The highest BCUT2D eigenvalue weighted by molar-refractivity contribution is 9.10. The molecule has 0 unspecified atom stereocenters. The van der Waals surface area contributed by atoms with Crippen molar-refractivity contribution in [3.63, 3.8) is 0 Å². The van der Waals surface area contributed by atoms with Crippen molar-refractivity contribution in [3.05, 3.63) is 40.5 Å². The van der Waals surface area contributed by atoms with Gasteiger partial charge in [0, 0.05) is 35.4 Å². The predicted molar refractivity (Wildman–Crippen MR) is 157 cm³/mol. The molecule has 39 heavy (non-hydrogen) atoms. The SMILES string of the molecule is CCCC[C@](C)(CNC(=O)[C@@H]1CCCN1)Nc1nc(NCc2ccc(OC)cc2OC)nc2cc(Br)cnc12. The Balaban J connectivity index is 1.59. The Bertz CT molecular complexity index is 1290. The second-order valence-corrected chi connectivity index (χ2v) is 11.0. The molecule has 3 heterocycles. The van der Waals surface area contributed by atoms with E-state index >= 15 is 0 Å². The van der Waals surface area contributed by atoms with Crippen molar-refractivity contribution in [1.82, 2.24) is 25.6 Å². The number of fused-ring (bicyclic) bond motifs is 1. The summed E-state index contributed by atoms with van der Waals surface area (Å²) in [7, 11) is 3.26. The molecule has 0 bridgehead atoms. The number of benzene rings is 1. The molecule has 0 aliphatic carbocycles. The number of pyridine rings is 1. The van der Waals surface area contributed by atoms with Gasteiger partial charge >= 0.3 is 0 Å². The zero-order valence-corrected chi connectivity index (χ0v) is 24.7. The van der Waals surface area contributed by atoms with E-state index in [0.29, 0.717) is 41.6 Å². The van der Waals surface area contributed by atoms with Crippen LogP contribution in [0.3, 0.4) is 0 Å². The summed E-state index contributed by atoms with van der Waals surface area (Å²) in [6.07, 6.45) is 6.54. The van der Waals surface area contributed by atoms with Crippen LogP contribution in [0.15, 0.2) is 34.9 Å². The topological polar surface area (TPSA) is 122 Å². The third-order valence-corrected chi connectivity index (χ3v) is 7.40. The van der Waals surface area contributed by atoms with Crippen molar-refractivity contribution in [2.24, 2.45) is 0 Å². The number of hydrogen-bond acceptors (Lipinski definition) is 9. The summed E-state index contributed by atoms with van der Waals surface area (Å²) in [6, 6.07) is 7.49. The van der Waals surface area contributed by atoms with Crippen LogP contribution in [0.5, 0.6) is 11.5 Å². The van der Waals surface area contributed by atoms with Gasteiger partial charge in [0.2, 0.25) is 11.9 Å². The molecule has 1 aromatic carbocycles. The minimum absolute atomic E-state index is 0.0439. The van der Waals surface area contributed by atoms with E-state index in [0.717, 1.165) is 54.4 Å². The van der Waals surface area contributed by atoms with Gasteiger partial charge in [-0.05, 0) is 66.9 Å². The first-order valence-electron chi connectivity index (χ1n) is 13.4. The van der Waals surface area contributed by atoms with E-state index in [9.17, 15) is 4.79 Å². The van der Waals surface area contributed by atoms with E-state index in [1.807, 2.05) is 24.3 Å². The fourth-order valence-electron chi connectivity index (χ4n) is 4.69. The van der Waals surface area contributed by atoms with Gasteiger partial charge < -0.3 is 30.7 Å². The molecule has 1 saturated heterocycles. The summed E-state index contributed by atoms with van der Waals surface area (Å²) in [5.41, 5.74) is 1.87. The Morgan fingerprint density at radius 1 is 1.23 bits per heavy atom. The first kappa shape index (κ1) is 28.8. The average Bonchev–Trinajstić information content (AvgIpc) is 3.49. The minimum Gasteiger partial charge on any atom is -0.497 e. The monoisotopic (exact) mass is 599 g/mol. The van der Waals surface area contributed by atoms with Crippen LogP contribution >= 0.6 is 15.9 Å². The molecule has 1 aliphatic rings. The van der Waals surface area contributed by atoms with E-state index in [4.69, 9.17) is 19.4 Å². The van der Waals surface area contributed by atoms with Gasteiger partial charge in [-0.25, -0.2) is 9.97 Å². The molecule has 10 nitrogen and oxygen atoms in total. The van der Waals surface area contributed by atoms with Gasteiger partial charge in [0.25, 0.3) is 0 Å². The van der Waals surface area contributed by atoms with Crippen molar-refractivity contribution < 1.29 is 14.3 Å². The average molecular weight is 601 g/mol. The number of halogens is 1. The zero-order valence-electron chi connectivity index (χ0n) is 23.1. The van der Waals surface area contributed by atoms with Gasteiger partial charge in [0.15, 0.2) is 5.82 Å². The molecule has 1 fully saturated rings. The van der Waals surface area contributed by atoms with Crippen molar-refractivity contribution in [1.29, 1.82) is 0 Å². The van der Waals surface area contributed by atoms with E-state index in [1.165, 1.54) is 0 Å². The van der Waals surface area contributed by atoms with Crippen LogP contribution in [0.4, 0.5) is 11.8 Å². The summed E-state index contributed by atoms with van der Waals surface area (Å²) in [5, 5.41) is 13.4. The number of anilines is 2. The number of aromatic nitrogens is 3. The zero-order chi connectivity index (χ0) is 27.8. The third kappa shape index (κ3) is 7.48. The quantitative estimate of drug-likeness (QED) is 0.222. The number of nitrogens with one attached hydrogen (secondary N) is 4. The van der Waals surface area contributed by atoms with Gasteiger partial charge in [-0.1, -0.05) is 19.8 Å². The maximum Gasteiger partial charge on any atom is 0.237 e. The number of hydrogen-bond donors (Lipinski definition) is 4. The Hall–Kier alpha value is -3.18. The molecule has 4 N–H and O–H groups in total. The number of rotatable bonds is 13. The molecule has 11 heteroatoms. The van der Waals surface area contributed by atoms with Crippen LogP contribution in [0.25, 0.3) is 11.0 Å². The highest BCUT2D eigenvalue weighted by Crippen LogP contribution is 2.29. The van der Waals surface area contributed by atoms with Crippen molar-refractivity contribution in [3.8, 4) is 11.5 Å². The predicted octanol–water partition coefficient (Wildman–Crippen LogP) is 4.65. The Kier molecular flexibility index (Phi) is 9.79. The Labute approximate surface area is 238 Å². The van der Waals surface area contributed by atoms with Gasteiger partial charge in [-0.2, -0.15) is 4.98 Å². The van der Waals surface area contributed by atoms with Gasteiger partial charge in [0.1, 0.15) is 17.0 Å². The normalized spacial score (nSPS) is 16.5. The van der Waals surface area contributed by atoms with Crippen LogP contribution in [0.2, 0.25) is 0 Å². The number of amides is 1. The summed E-state index contributed by atoms with van der Waals surface area (Å²) < 4.78 is 11.7. The van der Waals surface area contributed by atoms with Crippen LogP contribution in [-0.2, 0) is 11.3 Å². The lowest BCUT2D eigenvalue weighted by Crippen LogP contribution is -2.50. The summed E-state index contributed by atoms with van der Waals surface area (Å²) in [6.45, 7) is 6.09. The lowest BCUT2D eigenvalue weighted by atomic mass is 9.94. The number of carbonyl (C=O) groups is 1. The number of ether oxygens (including phenoxy) is 2. The lowest BCUT2D eigenvalue weighted by Gasteiger charge is -2.32. The van der Waals surface area contributed by atoms with E-state index in [2.05, 4.69) is 56.0 Å². The third-order valence-electron chi connectivity index (χ3n) is 6.97. The molecule has 2 aromatic heterocycles. The van der Waals surface area contributed by atoms with E-state index in [-0.39, 0.29) is 11.9 Å². The summed E-state index contributed by atoms with van der Waals surface area (Å²) >= 11 is 3.51. The molecule has 1 aliphatic heterocycles. The molecular formula is C28H38BrN7O3. The molecule has 4 rings (SSSR count). The molecule has 0 spiro atoms. The molecule has 0 saturated carbocycles. The maximum atomic E-state index is 12.8. The second-order valence-electron chi connectivity index (χ2n) is 10.1. The standard InChI is InChI=1S/C28H38BrN7O3/c1-5-6-11-28(2,17-33-26(37)21-8-7-12-30-21)36-25-24-22(13-19(29)16-31-24)34-27(35-25)32-15-18-9-10-20(38-3)14-23(18)39-4/h9-10,13-14,16,21,30H,5-8,11-12,15,17H2,1-4H3,(H,33,37)(H2,32,34,35,36)/t21-,28+/m0/s1. The van der Waals surface area contributed by atoms with E-state index in [1.54, 1.807) is 20.4 Å². The molecule has 2 atom stereocenters. The van der Waals surface area contributed by atoms with Gasteiger partial charge in [0.05, 0.1) is 31.3 Å². The first-order chi connectivity index (χ1) is 18.8. The van der Waals surface area contributed by atoms with Gasteiger partial charge in [-0.15, -0.1) is 0 Å². The Morgan fingerprint density at radius 2 is 2.08 bits per heavy atom. The van der Waals surface area contributed by atoms with Crippen molar-refractivity contribution >= 4 is 44.6 Å². The van der Waals surface area contributed by atoms with Crippen LogP contribution < -0.4 is 30.7 Å². The molecule has 3 aromatic rings. The summed E-state index contributed by atoms with van der Waals surface area (Å²) in [4.78, 5) is 26.9. The molecule has 210 valence electrons. The molecule has 1 amide bonds. The maximum absolute atomic E-state index is 12.8. The highest BCUT2D eigenvalue weighted by Gasteiger charge is 2.29. The van der Waals surface area contributed by atoms with Crippen molar-refractivity contribution in [2.45, 2.75) is 64.1 Å². The number of methoxy groups -OCH3 is 2. The number of nitrogens with zero attached hydrogens (tertiary/aromatic N) is 3. The van der Waals surface area contributed by atoms with Crippen LogP contribution in [0, 0.1) is 0 Å². The van der Waals surface area contributed by atoms with Crippen LogP contribution in [0.1, 0.15) is 51.5 Å². The first-order valence-corrected chi connectivity index (χ1v) is 14.2. The summed E-state index contributed by atoms with van der Waals surface area (Å²) in [5.74, 6) is 2.55. The number of carbonyl (C=O) groups excluding carboxylic acids is 1. The van der Waals surface area contributed by atoms with Gasteiger partial charge in [-0.3, -0.25) is 4.79 Å². The van der Waals surface area contributed by atoms with Crippen molar-refractivity contribution in [2.75, 3.05) is 37.9 Å². The minimum atomic E-state index is -0.434. The largest absolute Gasteiger partial charge is 0.497 e.